The van der Waals surface area contributed by atoms with E-state index in [9.17, 15) is 18.0 Å². The average molecular weight is 220 g/mol. The van der Waals surface area contributed by atoms with Gasteiger partial charge in [0.25, 0.3) is 0 Å². The second-order valence-electron chi connectivity index (χ2n) is 2.53. The van der Waals surface area contributed by atoms with Crippen molar-refractivity contribution in [2.75, 3.05) is 11.9 Å². The van der Waals surface area contributed by atoms with Crippen molar-refractivity contribution in [1.29, 1.82) is 0 Å². The van der Waals surface area contributed by atoms with E-state index in [0.29, 0.717) is 0 Å². The van der Waals surface area contributed by atoms with Gasteiger partial charge in [0.15, 0.2) is 6.61 Å². The Labute approximate surface area is 83.1 Å². The summed E-state index contributed by atoms with van der Waals surface area (Å²) in [6.07, 6.45) is -4.33. The Balaban J connectivity index is 2.38. The predicted molar refractivity (Wildman–Crippen MR) is 45.3 cm³/mol. The van der Waals surface area contributed by atoms with Crippen LogP contribution < -0.4 is 5.32 Å². The first-order valence-corrected chi connectivity index (χ1v) is 3.89. The smallest absolute Gasteiger partial charge is 0.422 e. The van der Waals surface area contributed by atoms with Crippen LogP contribution in [0.2, 0.25) is 0 Å². The van der Waals surface area contributed by atoms with Gasteiger partial charge in [-0.3, -0.25) is 5.32 Å². The number of ether oxygens (including phenoxy) is 1. The molecule has 1 aromatic heterocycles. The molecule has 0 aliphatic carbocycles. The second kappa shape index (κ2) is 4.63. The molecule has 0 fully saturated rings. The maximum absolute atomic E-state index is 11.6. The molecule has 0 saturated carbocycles. The molecule has 82 valence electrons. The molecule has 1 amide bonds. The minimum absolute atomic E-state index is 0.129. The molecule has 0 radical (unpaired) electrons. The Hall–Kier alpha value is -1.79. The van der Waals surface area contributed by atoms with Crippen molar-refractivity contribution < 1.29 is 22.7 Å². The zero-order valence-corrected chi connectivity index (χ0v) is 7.41. The number of hydrogen-bond acceptors (Lipinski definition) is 3. The molecule has 0 aliphatic rings. The molecule has 1 rings (SSSR count). The van der Waals surface area contributed by atoms with Crippen LogP contribution in [0.1, 0.15) is 0 Å². The second-order valence-corrected chi connectivity index (χ2v) is 2.53. The summed E-state index contributed by atoms with van der Waals surface area (Å²) in [6, 6.07) is 4.60. The number of hydrogen-bond donors (Lipinski definition) is 1. The molecule has 0 spiro atoms. The summed E-state index contributed by atoms with van der Waals surface area (Å²) in [5.41, 5.74) is 0. The van der Waals surface area contributed by atoms with Crippen molar-refractivity contribution in [3.8, 4) is 0 Å². The molecule has 0 saturated heterocycles. The molecule has 0 bridgehead atoms. The molecule has 7 heteroatoms. The lowest BCUT2D eigenvalue weighted by Gasteiger charge is -2.08. The first-order chi connectivity index (χ1) is 6.97. The van der Waals surface area contributed by atoms with Crippen molar-refractivity contribution in [3.63, 3.8) is 0 Å². The van der Waals surface area contributed by atoms with Gasteiger partial charge in [-0.25, -0.2) is 9.78 Å². The van der Waals surface area contributed by atoms with Crippen LogP contribution in [0.5, 0.6) is 0 Å². The van der Waals surface area contributed by atoms with Crippen LogP contribution in [-0.4, -0.2) is 23.9 Å². The number of pyridine rings is 1. The predicted octanol–water partition coefficient (Wildman–Crippen LogP) is 2.19. The fourth-order valence-electron chi connectivity index (χ4n) is 0.725. The van der Waals surface area contributed by atoms with Crippen LogP contribution in [0.4, 0.5) is 23.8 Å². The highest BCUT2D eigenvalue weighted by molar-refractivity contribution is 5.83. The largest absolute Gasteiger partial charge is 0.440 e. The van der Waals surface area contributed by atoms with Crippen molar-refractivity contribution in [1.82, 2.24) is 4.98 Å². The van der Waals surface area contributed by atoms with E-state index in [1.54, 1.807) is 12.1 Å². The number of alkyl halides is 3. The lowest BCUT2D eigenvalue weighted by atomic mass is 10.5. The minimum atomic E-state index is -4.53. The van der Waals surface area contributed by atoms with E-state index in [0.717, 1.165) is 0 Å². The fourth-order valence-corrected chi connectivity index (χ4v) is 0.725. The first-order valence-electron chi connectivity index (χ1n) is 3.89. The molecule has 1 aromatic rings. The Kier molecular flexibility index (Phi) is 3.48. The number of carbonyl (C=O) groups is 1. The van der Waals surface area contributed by atoms with Gasteiger partial charge in [0.05, 0.1) is 0 Å². The summed E-state index contributed by atoms with van der Waals surface area (Å²) in [5, 5.41) is 2.04. The van der Waals surface area contributed by atoms with E-state index in [2.05, 4.69) is 9.72 Å². The third-order valence-corrected chi connectivity index (χ3v) is 1.26. The molecule has 0 atom stereocenters. The Bertz CT molecular complexity index is 326. The van der Waals surface area contributed by atoms with E-state index >= 15 is 0 Å². The maximum atomic E-state index is 11.6. The van der Waals surface area contributed by atoms with Crippen LogP contribution in [0.3, 0.4) is 0 Å². The van der Waals surface area contributed by atoms with Gasteiger partial charge >= 0.3 is 12.3 Å². The highest BCUT2D eigenvalue weighted by Crippen LogP contribution is 2.14. The van der Waals surface area contributed by atoms with Crippen LogP contribution >= 0.6 is 0 Å². The number of nitrogens with one attached hydrogen (secondary N) is 1. The van der Waals surface area contributed by atoms with Crippen LogP contribution in [0.25, 0.3) is 0 Å². The van der Waals surface area contributed by atoms with Crippen LogP contribution in [-0.2, 0) is 4.74 Å². The van der Waals surface area contributed by atoms with Crippen molar-refractivity contribution in [3.05, 3.63) is 24.4 Å². The topological polar surface area (TPSA) is 51.2 Å². The summed E-state index contributed by atoms with van der Waals surface area (Å²) in [5.74, 6) is 0.129. The van der Waals surface area contributed by atoms with Gasteiger partial charge in [0, 0.05) is 6.20 Å². The zero-order valence-electron chi connectivity index (χ0n) is 7.41. The van der Waals surface area contributed by atoms with Gasteiger partial charge in [0.2, 0.25) is 0 Å². The Morgan fingerprint density at radius 2 is 2.20 bits per heavy atom. The summed E-state index contributed by atoms with van der Waals surface area (Å²) < 4.78 is 38.8. The van der Waals surface area contributed by atoms with E-state index in [-0.39, 0.29) is 5.82 Å². The van der Waals surface area contributed by atoms with Gasteiger partial charge in [-0.2, -0.15) is 13.2 Å². The standard InChI is InChI=1S/C8H7F3N2O2/c9-8(10,11)5-15-7(14)13-6-3-1-2-4-12-6/h1-4H,5H2,(H,12,13,14). The number of rotatable bonds is 2. The van der Waals surface area contributed by atoms with Gasteiger partial charge in [-0.05, 0) is 12.1 Å². The van der Waals surface area contributed by atoms with E-state index in [4.69, 9.17) is 0 Å². The normalized spacial score (nSPS) is 10.9. The summed E-state index contributed by atoms with van der Waals surface area (Å²) in [7, 11) is 0. The molecule has 0 aromatic carbocycles. The fraction of sp³-hybridized carbons (Fsp3) is 0.250. The third kappa shape index (κ3) is 4.84. The lowest BCUT2D eigenvalue weighted by molar-refractivity contribution is -0.159. The van der Waals surface area contributed by atoms with Gasteiger partial charge in [0.1, 0.15) is 5.82 Å². The van der Waals surface area contributed by atoms with E-state index in [1.807, 2.05) is 5.32 Å². The highest BCUT2D eigenvalue weighted by atomic mass is 19.4. The minimum Gasteiger partial charge on any atom is -0.440 e. The molecule has 0 aliphatic heterocycles. The lowest BCUT2D eigenvalue weighted by Crippen LogP contribution is -2.23. The number of anilines is 1. The number of aromatic nitrogens is 1. The molecule has 15 heavy (non-hydrogen) atoms. The van der Waals surface area contributed by atoms with Gasteiger partial charge < -0.3 is 4.74 Å². The maximum Gasteiger partial charge on any atom is 0.422 e. The molecular formula is C8H7F3N2O2. The van der Waals surface area contributed by atoms with E-state index in [1.165, 1.54) is 12.3 Å². The number of halogens is 3. The van der Waals surface area contributed by atoms with Crippen LogP contribution in [0, 0.1) is 0 Å². The first kappa shape index (κ1) is 11.3. The summed E-state index contributed by atoms with van der Waals surface area (Å²) in [6.45, 7) is -1.62. The SMILES string of the molecule is O=C(Nc1ccccn1)OCC(F)(F)F. The zero-order chi connectivity index (χ0) is 11.3. The van der Waals surface area contributed by atoms with E-state index < -0.39 is 18.9 Å². The monoisotopic (exact) mass is 220 g/mol. The number of amides is 1. The molecule has 1 N–H and O–H groups in total. The van der Waals surface area contributed by atoms with Gasteiger partial charge in [-0.1, -0.05) is 6.07 Å². The van der Waals surface area contributed by atoms with Gasteiger partial charge in [-0.15, -0.1) is 0 Å². The average Bonchev–Trinajstić information content (AvgIpc) is 2.15. The van der Waals surface area contributed by atoms with Crippen LogP contribution in [0.15, 0.2) is 24.4 Å². The number of carbonyl (C=O) groups excluding carboxylic acids is 1. The van der Waals surface area contributed by atoms with Crippen molar-refractivity contribution >= 4 is 11.9 Å². The summed E-state index contributed by atoms with van der Waals surface area (Å²) in [4.78, 5) is 14.5. The summed E-state index contributed by atoms with van der Waals surface area (Å²) >= 11 is 0. The highest BCUT2D eigenvalue weighted by Gasteiger charge is 2.29. The van der Waals surface area contributed by atoms with Crippen molar-refractivity contribution in [2.24, 2.45) is 0 Å². The number of nitrogens with zero attached hydrogens (tertiary/aromatic N) is 1. The quantitative estimate of drug-likeness (QED) is 0.831. The molecule has 4 nitrogen and oxygen atoms in total. The Morgan fingerprint density at radius 1 is 1.47 bits per heavy atom. The third-order valence-electron chi connectivity index (χ3n) is 1.26. The van der Waals surface area contributed by atoms with Crippen molar-refractivity contribution in [2.45, 2.75) is 6.18 Å². The molecule has 1 heterocycles. The Morgan fingerprint density at radius 3 is 2.73 bits per heavy atom. The molecule has 0 unspecified atom stereocenters. The molecular weight excluding hydrogens is 213 g/mol.